The Morgan fingerprint density at radius 2 is 2.08 bits per heavy atom. The molecule has 0 radical (unpaired) electrons. The van der Waals surface area contributed by atoms with E-state index in [1.807, 2.05) is 0 Å². The highest BCUT2D eigenvalue weighted by molar-refractivity contribution is 5.84. The highest BCUT2D eigenvalue weighted by Gasteiger charge is 2.19. The average Bonchev–Trinajstić information content (AvgIpc) is 2.02. The zero-order valence-corrected chi connectivity index (χ0v) is 7.15. The summed E-state index contributed by atoms with van der Waals surface area (Å²) in [7, 11) is 0. The van der Waals surface area contributed by atoms with Crippen molar-refractivity contribution in [1.82, 2.24) is 5.32 Å². The van der Waals surface area contributed by atoms with Crippen LogP contribution in [0.4, 0.5) is 0 Å². The van der Waals surface area contributed by atoms with E-state index in [4.69, 9.17) is 10.8 Å². The molecule has 0 aliphatic heterocycles. The second kappa shape index (κ2) is 4.84. The van der Waals surface area contributed by atoms with Crippen LogP contribution in [0.5, 0.6) is 0 Å². The molecule has 5 heteroatoms. The first kappa shape index (κ1) is 11.1. The third-order valence-corrected chi connectivity index (χ3v) is 1.40. The lowest BCUT2D eigenvalue weighted by molar-refractivity contribution is -0.126. The van der Waals surface area contributed by atoms with E-state index >= 15 is 0 Å². The first-order chi connectivity index (χ1) is 5.49. The predicted molar refractivity (Wildman–Crippen MR) is 43.3 cm³/mol. The monoisotopic (exact) mass is 174 g/mol. The number of hydrogen-bond acceptors (Lipinski definition) is 4. The average molecular weight is 174 g/mol. The van der Waals surface area contributed by atoms with Gasteiger partial charge in [0.1, 0.15) is 12.3 Å². The van der Waals surface area contributed by atoms with Gasteiger partial charge in [-0.15, -0.1) is 0 Å². The van der Waals surface area contributed by atoms with Gasteiger partial charge in [-0.2, -0.15) is 0 Å². The summed E-state index contributed by atoms with van der Waals surface area (Å²) in [6.07, 6.45) is -0.323. The highest BCUT2D eigenvalue weighted by atomic mass is 16.3. The second-order valence-electron chi connectivity index (χ2n) is 2.70. The Morgan fingerprint density at radius 1 is 1.58 bits per heavy atom. The zero-order valence-electron chi connectivity index (χ0n) is 7.15. The van der Waals surface area contributed by atoms with Gasteiger partial charge < -0.3 is 21.0 Å². The van der Waals surface area contributed by atoms with Crippen molar-refractivity contribution < 1.29 is 14.7 Å². The van der Waals surface area contributed by atoms with Crippen LogP contribution in [-0.4, -0.2) is 35.5 Å². The van der Waals surface area contributed by atoms with E-state index in [0.29, 0.717) is 6.29 Å². The van der Waals surface area contributed by atoms with Gasteiger partial charge in [-0.3, -0.25) is 4.79 Å². The van der Waals surface area contributed by atoms with Crippen molar-refractivity contribution in [2.45, 2.75) is 32.0 Å². The summed E-state index contributed by atoms with van der Waals surface area (Å²) >= 11 is 0. The molecule has 5 nitrogen and oxygen atoms in total. The number of carbonyl (C=O) groups is 2. The summed E-state index contributed by atoms with van der Waals surface area (Å²) < 4.78 is 0. The van der Waals surface area contributed by atoms with Gasteiger partial charge in [0.05, 0.1) is 12.1 Å². The second-order valence-corrected chi connectivity index (χ2v) is 2.70. The third kappa shape index (κ3) is 3.45. The number of carbonyl (C=O) groups excluding carboxylic acids is 2. The van der Waals surface area contributed by atoms with Crippen LogP contribution in [0.3, 0.4) is 0 Å². The Morgan fingerprint density at radius 3 is 2.42 bits per heavy atom. The fourth-order valence-corrected chi connectivity index (χ4v) is 0.574. The van der Waals surface area contributed by atoms with Gasteiger partial charge >= 0.3 is 0 Å². The molecule has 70 valence electrons. The van der Waals surface area contributed by atoms with E-state index in [0.717, 1.165) is 0 Å². The fourth-order valence-electron chi connectivity index (χ4n) is 0.574. The molecular formula is C7H14N2O3. The summed E-state index contributed by atoms with van der Waals surface area (Å²) in [5.41, 5.74) is 5.29. The minimum Gasteiger partial charge on any atom is -0.391 e. The Bertz CT molecular complexity index is 170. The molecule has 3 unspecified atom stereocenters. The quantitative estimate of drug-likeness (QED) is 0.447. The van der Waals surface area contributed by atoms with Crippen LogP contribution in [0.15, 0.2) is 0 Å². The lowest BCUT2D eigenvalue weighted by atomic mass is 10.2. The van der Waals surface area contributed by atoms with Crippen LogP contribution in [-0.2, 0) is 9.59 Å². The van der Waals surface area contributed by atoms with Crippen LogP contribution in [0.2, 0.25) is 0 Å². The van der Waals surface area contributed by atoms with E-state index < -0.39 is 24.1 Å². The Labute approximate surface area is 70.9 Å². The first-order valence-corrected chi connectivity index (χ1v) is 3.68. The number of aldehydes is 1. The molecular weight excluding hydrogens is 160 g/mol. The molecule has 4 N–H and O–H groups in total. The van der Waals surface area contributed by atoms with Crippen molar-refractivity contribution in [2.24, 2.45) is 5.73 Å². The first-order valence-electron chi connectivity index (χ1n) is 3.68. The largest absolute Gasteiger partial charge is 0.391 e. The predicted octanol–water partition coefficient (Wildman–Crippen LogP) is -1.60. The Kier molecular flexibility index (Phi) is 4.46. The maximum absolute atomic E-state index is 11.0. The van der Waals surface area contributed by atoms with E-state index in [-0.39, 0.29) is 0 Å². The van der Waals surface area contributed by atoms with Crippen LogP contribution in [0, 0.1) is 0 Å². The number of aliphatic hydroxyl groups is 1. The van der Waals surface area contributed by atoms with Gasteiger partial charge in [-0.25, -0.2) is 0 Å². The van der Waals surface area contributed by atoms with Crippen LogP contribution >= 0.6 is 0 Å². The number of nitrogens with one attached hydrogen (secondary N) is 1. The van der Waals surface area contributed by atoms with E-state index in [2.05, 4.69) is 5.32 Å². The molecule has 0 heterocycles. The summed E-state index contributed by atoms with van der Waals surface area (Å²) in [5.74, 6) is -0.524. The van der Waals surface area contributed by atoms with Crippen molar-refractivity contribution in [1.29, 1.82) is 0 Å². The lowest BCUT2D eigenvalue weighted by Crippen LogP contribution is -2.49. The fraction of sp³-hybridized carbons (Fsp3) is 0.714. The molecule has 12 heavy (non-hydrogen) atoms. The summed E-state index contributed by atoms with van der Waals surface area (Å²) in [6, 6.07) is -1.55. The molecule has 1 amide bonds. The van der Waals surface area contributed by atoms with Crippen LogP contribution < -0.4 is 11.1 Å². The van der Waals surface area contributed by atoms with Gasteiger partial charge in [0.25, 0.3) is 0 Å². The number of aliphatic hydroxyl groups excluding tert-OH is 1. The van der Waals surface area contributed by atoms with Gasteiger partial charge in [0.2, 0.25) is 5.91 Å². The van der Waals surface area contributed by atoms with E-state index in [1.54, 1.807) is 0 Å². The molecule has 0 fully saturated rings. The molecule has 0 rings (SSSR count). The molecule has 0 bridgehead atoms. The topological polar surface area (TPSA) is 92.4 Å². The maximum Gasteiger partial charge on any atom is 0.240 e. The Balaban J connectivity index is 3.95. The molecule has 0 spiro atoms. The lowest BCUT2D eigenvalue weighted by Gasteiger charge is -2.15. The van der Waals surface area contributed by atoms with Crippen LogP contribution in [0.25, 0.3) is 0 Å². The van der Waals surface area contributed by atoms with Crippen LogP contribution in [0.1, 0.15) is 13.8 Å². The molecule has 0 aliphatic rings. The number of hydrogen-bond donors (Lipinski definition) is 3. The van der Waals surface area contributed by atoms with Crippen molar-refractivity contribution in [3.05, 3.63) is 0 Å². The summed E-state index contributed by atoms with van der Waals surface area (Å²) in [6.45, 7) is 2.94. The zero-order chi connectivity index (χ0) is 9.72. The van der Waals surface area contributed by atoms with E-state index in [9.17, 15) is 9.59 Å². The smallest absolute Gasteiger partial charge is 0.240 e. The van der Waals surface area contributed by atoms with Gasteiger partial charge in [-0.05, 0) is 13.8 Å². The van der Waals surface area contributed by atoms with Gasteiger partial charge in [0, 0.05) is 0 Å². The normalized spacial score (nSPS) is 17.7. The molecule has 0 aromatic carbocycles. The van der Waals surface area contributed by atoms with Gasteiger partial charge in [-0.1, -0.05) is 0 Å². The third-order valence-electron chi connectivity index (χ3n) is 1.40. The molecule has 0 aromatic rings. The molecule has 0 aliphatic carbocycles. The molecule has 0 saturated heterocycles. The Hall–Kier alpha value is -0.940. The molecule has 0 saturated carbocycles. The number of nitrogens with two attached hydrogens (primary N) is 1. The highest BCUT2D eigenvalue weighted by Crippen LogP contribution is 1.89. The molecule has 3 atom stereocenters. The SMILES string of the molecule is CC(C=O)NC(=O)C(N)C(C)O. The van der Waals surface area contributed by atoms with Gasteiger partial charge in [0.15, 0.2) is 0 Å². The minimum absolute atomic E-state index is 0.524. The molecule has 0 aromatic heterocycles. The van der Waals surface area contributed by atoms with Crippen molar-refractivity contribution in [3.8, 4) is 0 Å². The number of amides is 1. The summed E-state index contributed by atoms with van der Waals surface area (Å²) in [4.78, 5) is 21.1. The standard InChI is InChI=1S/C7H14N2O3/c1-4(3-10)9-7(12)6(8)5(2)11/h3-6,11H,8H2,1-2H3,(H,9,12). The van der Waals surface area contributed by atoms with Crippen molar-refractivity contribution >= 4 is 12.2 Å². The van der Waals surface area contributed by atoms with Crippen molar-refractivity contribution in [2.75, 3.05) is 0 Å². The minimum atomic E-state index is -0.979. The van der Waals surface area contributed by atoms with E-state index in [1.165, 1.54) is 13.8 Å². The maximum atomic E-state index is 11.0. The number of rotatable bonds is 4. The van der Waals surface area contributed by atoms with Crippen molar-refractivity contribution in [3.63, 3.8) is 0 Å². The summed E-state index contributed by atoms with van der Waals surface area (Å²) in [5, 5.41) is 11.2.